The van der Waals surface area contributed by atoms with E-state index in [1.54, 1.807) is 0 Å². The van der Waals surface area contributed by atoms with E-state index >= 15 is 0 Å². The molecule has 0 atom stereocenters. The lowest BCUT2D eigenvalue weighted by atomic mass is 9.34. The highest BCUT2D eigenvalue weighted by molar-refractivity contribution is 7.03. The van der Waals surface area contributed by atoms with E-state index in [4.69, 9.17) is 9.47 Å². The summed E-state index contributed by atoms with van der Waals surface area (Å²) in [5, 5.41) is 7.34. The molecule has 378 valence electrons. The second kappa shape index (κ2) is 17.1. The zero-order valence-corrected chi connectivity index (χ0v) is 45.5. The SMILES string of the molecule is Cc1cc(C)c(-c2cc3c4c(cc5c(-c6c(C)cc(C)cc6C)cc6c7c(cc2c4c57)B2c4ccccc4-c4cc(C(=O)OCc5ccccc5)cc-6c42)B2c4ccccc4-c4cc(C(=O)OCc5ccccc5)cc-3c42)c(C)c1. The Balaban J connectivity index is 1.06. The van der Waals surface area contributed by atoms with Crippen LogP contribution in [0.1, 0.15) is 65.2 Å². The fourth-order valence-electron chi connectivity index (χ4n) is 15.4. The van der Waals surface area contributed by atoms with Crippen molar-refractivity contribution >= 4 is 90.5 Å². The molecule has 4 heterocycles. The summed E-state index contributed by atoms with van der Waals surface area (Å²) in [6.07, 6.45) is 0. The van der Waals surface area contributed by atoms with Gasteiger partial charge in [-0.25, -0.2) is 9.59 Å². The number of carbonyl (C=O) groups excluding carboxylic acids is 2. The number of fused-ring (bicyclic) bond motifs is 10. The largest absolute Gasteiger partial charge is 0.457 e. The first-order valence-corrected chi connectivity index (χ1v) is 28.0. The van der Waals surface area contributed by atoms with Gasteiger partial charge in [-0.3, -0.25) is 0 Å². The highest BCUT2D eigenvalue weighted by atomic mass is 16.5. The summed E-state index contributed by atoms with van der Waals surface area (Å²) in [5.74, 6) is -0.684. The Bertz CT molecular complexity index is 4420. The second-order valence-electron chi connectivity index (χ2n) is 23.2. The van der Waals surface area contributed by atoms with Gasteiger partial charge in [0, 0.05) is 0 Å². The van der Waals surface area contributed by atoms with Crippen LogP contribution >= 0.6 is 0 Å². The Labute approximate surface area is 466 Å². The summed E-state index contributed by atoms with van der Waals surface area (Å²) in [6, 6.07) is 65.3. The Morgan fingerprint density at radius 3 is 1.07 bits per heavy atom. The standard InChI is InChI=1S/C74H52B2O4/c1-39-25-41(3)65(42(4)26-39)51-33-53-59-31-47(73(77)79-37-45-17-9-7-10-18-45)29-57-49-21-14-16-24-62(49)76(71(57)59)64-36-56-52(66-43(5)27-40(2)28-44(66)6)34-54-60-32-48(74(78)80-38-46-19-11-8-12-20-46)30-58-50-22-13-15-23-61(50)75(72(58)60)63-35-55(51)69(67(53)64)70(56)68(54)63/h7-36H,37-38H2,1-6H3. The summed E-state index contributed by atoms with van der Waals surface area (Å²) >= 11 is 0. The van der Waals surface area contributed by atoms with Crippen molar-refractivity contribution in [2.45, 2.75) is 54.8 Å². The topological polar surface area (TPSA) is 52.6 Å². The van der Waals surface area contributed by atoms with Gasteiger partial charge in [0.15, 0.2) is 0 Å². The number of rotatable bonds is 8. The van der Waals surface area contributed by atoms with Crippen LogP contribution in [-0.4, -0.2) is 25.4 Å². The molecule has 0 saturated carbocycles. The summed E-state index contributed by atoms with van der Waals surface area (Å²) in [6.45, 7) is 13.6. The highest BCUT2D eigenvalue weighted by Crippen LogP contribution is 2.52. The molecule has 12 aromatic carbocycles. The molecule has 0 fully saturated rings. The van der Waals surface area contributed by atoms with Crippen LogP contribution in [0.4, 0.5) is 0 Å². The number of aryl methyl sites for hydroxylation is 6. The van der Waals surface area contributed by atoms with E-state index in [0.717, 1.165) is 55.6 Å². The minimum Gasteiger partial charge on any atom is -0.457 e. The number of hydrogen-bond acceptors (Lipinski definition) is 4. The predicted molar refractivity (Wildman–Crippen MR) is 332 cm³/mol. The first-order valence-electron chi connectivity index (χ1n) is 28.0. The van der Waals surface area contributed by atoms with Gasteiger partial charge in [0.2, 0.25) is 13.4 Å². The average molecular weight is 1030 g/mol. The van der Waals surface area contributed by atoms with Crippen LogP contribution < -0.4 is 32.8 Å². The zero-order chi connectivity index (χ0) is 54.0. The van der Waals surface area contributed by atoms with E-state index < -0.39 is 0 Å². The van der Waals surface area contributed by atoms with E-state index in [9.17, 15) is 9.59 Å². The lowest BCUT2D eigenvalue weighted by Crippen LogP contribution is -2.53. The van der Waals surface area contributed by atoms with Crippen molar-refractivity contribution in [3.05, 3.63) is 238 Å². The fourth-order valence-corrected chi connectivity index (χ4v) is 15.4. The Hall–Kier alpha value is -9.25. The molecule has 0 unspecified atom stereocenters. The fraction of sp³-hybridized carbons (Fsp3) is 0.108. The van der Waals surface area contributed by atoms with Crippen molar-refractivity contribution in [3.8, 4) is 66.8 Å². The summed E-state index contributed by atoms with van der Waals surface area (Å²) in [5.41, 5.74) is 31.5. The van der Waals surface area contributed by atoms with Crippen molar-refractivity contribution in [1.82, 2.24) is 0 Å². The summed E-state index contributed by atoms with van der Waals surface area (Å²) in [7, 11) is 0. The van der Waals surface area contributed by atoms with Crippen molar-refractivity contribution in [2.75, 3.05) is 0 Å². The van der Waals surface area contributed by atoms with Gasteiger partial charge in [0.25, 0.3) is 0 Å². The summed E-state index contributed by atoms with van der Waals surface area (Å²) < 4.78 is 12.3. The molecule has 4 aliphatic rings. The molecule has 4 aliphatic heterocycles. The van der Waals surface area contributed by atoms with Crippen LogP contribution in [0.3, 0.4) is 0 Å². The van der Waals surface area contributed by atoms with Gasteiger partial charge in [-0.05, 0) is 210 Å². The third-order valence-corrected chi connectivity index (χ3v) is 18.2. The molecule has 0 amide bonds. The van der Waals surface area contributed by atoms with Gasteiger partial charge in [0.05, 0.1) is 11.1 Å². The molecule has 6 heteroatoms. The molecule has 4 nitrogen and oxygen atoms in total. The van der Waals surface area contributed by atoms with Gasteiger partial charge in [0.1, 0.15) is 13.2 Å². The summed E-state index contributed by atoms with van der Waals surface area (Å²) in [4.78, 5) is 29.2. The van der Waals surface area contributed by atoms with Crippen molar-refractivity contribution in [1.29, 1.82) is 0 Å². The molecule has 0 aliphatic carbocycles. The average Bonchev–Trinajstić information content (AvgIpc) is 4.02. The molecular formula is C74H52B2O4. The van der Waals surface area contributed by atoms with Crippen LogP contribution in [0.25, 0.3) is 99.1 Å². The monoisotopic (exact) mass is 1030 g/mol. The van der Waals surface area contributed by atoms with Gasteiger partial charge >= 0.3 is 11.9 Å². The molecule has 12 aromatic rings. The third-order valence-electron chi connectivity index (χ3n) is 18.2. The molecule has 0 aromatic heterocycles. The first kappa shape index (κ1) is 46.8. The van der Waals surface area contributed by atoms with E-state index in [1.807, 2.05) is 60.7 Å². The molecule has 16 rings (SSSR count). The molecule has 0 bridgehead atoms. The maximum Gasteiger partial charge on any atom is 0.338 e. The highest BCUT2D eigenvalue weighted by Gasteiger charge is 2.45. The van der Waals surface area contributed by atoms with Crippen LogP contribution in [0.2, 0.25) is 0 Å². The van der Waals surface area contributed by atoms with Crippen molar-refractivity contribution in [2.24, 2.45) is 0 Å². The Kier molecular flexibility index (Phi) is 10.0. The van der Waals surface area contributed by atoms with E-state index in [2.05, 4.69) is 163 Å². The minimum absolute atomic E-state index is 0.0899. The van der Waals surface area contributed by atoms with Crippen LogP contribution in [-0.2, 0) is 22.7 Å². The van der Waals surface area contributed by atoms with Crippen LogP contribution in [0.15, 0.2) is 182 Å². The number of esters is 2. The zero-order valence-electron chi connectivity index (χ0n) is 45.5. The van der Waals surface area contributed by atoms with Crippen molar-refractivity contribution in [3.63, 3.8) is 0 Å². The molecular weight excluding hydrogens is 974 g/mol. The molecule has 80 heavy (non-hydrogen) atoms. The first-order chi connectivity index (χ1) is 39.0. The second-order valence-corrected chi connectivity index (χ2v) is 23.2. The van der Waals surface area contributed by atoms with Gasteiger partial charge in [-0.2, -0.15) is 0 Å². The lowest BCUT2D eigenvalue weighted by Gasteiger charge is -2.33. The third kappa shape index (κ3) is 6.59. The predicted octanol–water partition coefficient (Wildman–Crippen LogP) is 13.4. The lowest BCUT2D eigenvalue weighted by molar-refractivity contribution is 0.0464. The maximum absolute atomic E-state index is 14.6. The van der Waals surface area contributed by atoms with Crippen molar-refractivity contribution < 1.29 is 19.1 Å². The van der Waals surface area contributed by atoms with E-state index in [1.165, 1.54) is 121 Å². The number of hydrogen-bond donors (Lipinski definition) is 0. The molecule has 0 radical (unpaired) electrons. The normalized spacial score (nSPS) is 12.8. The number of carbonyl (C=O) groups is 2. The quantitative estimate of drug-likeness (QED) is 0.0864. The number of ether oxygens (including phenoxy) is 2. The smallest absolute Gasteiger partial charge is 0.338 e. The Morgan fingerprint density at radius 1 is 0.338 bits per heavy atom. The Morgan fingerprint density at radius 2 is 0.688 bits per heavy atom. The van der Waals surface area contributed by atoms with Gasteiger partial charge in [-0.1, -0.05) is 189 Å². The van der Waals surface area contributed by atoms with Crippen LogP contribution in [0, 0.1) is 41.5 Å². The minimum atomic E-state index is -0.342. The number of benzene rings is 12. The van der Waals surface area contributed by atoms with Gasteiger partial charge < -0.3 is 9.47 Å². The molecule has 0 spiro atoms. The maximum atomic E-state index is 14.6. The van der Waals surface area contributed by atoms with Gasteiger partial charge in [-0.15, -0.1) is 0 Å². The molecule has 0 N–H and O–H groups in total. The van der Waals surface area contributed by atoms with E-state index in [0.29, 0.717) is 11.1 Å². The van der Waals surface area contributed by atoms with Crippen LogP contribution in [0.5, 0.6) is 0 Å². The molecule has 0 saturated heterocycles. The van der Waals surface area contributed by atoms with E-state index in [-0.39, 0.29) is 38.6 Å².